The van der Waals surface area contributed by atoms with Gasteiger partial charge in [0.1, 0.15) is 5.54 Å². The highest BCUT2D eigenvalue weighted by atomic mass is 16.7. The lowest BCUT2D eigenvalue weighted by Crippen LogP contribution is -2.57. The van der Waals surface area contributed by atoms with Crippen LogP contribution in [-0.4, -0.2) is 86.6 Å². The van der Waals surface area contributed by atoms with E-state index in [2.05, 4.69) is 10.2 Å². The molecule has 1 spiro atoms. The van der Waals surface area contributed by atoms with Crippen LogP contribution in [0.4, 0.5) is 5.69 Å². The predicted molar refractivity (Wildman–Crippen MR) is 147 cm³/mol. The number of rotatable bonds is 9. The van der Waals surface area contributed by atoms with Crippen LogP contribution in [0.15, 0.2) is 60.4 Å². The molecule has 2 aromatic rings. The number of hydrogen-bond acceptors (Lipinski definition) is 9. The van der Waals surface area contributed by atoms with Crippen LogP contribution in [-0.2, 0) is 23.8 Å². The lowest BCUT2D eigenvalue weighted by Gasteiger charge is -2.43. The molecule has 218 valence electrons. The van der Waals surface area contributed by atoms with Gasteiger partial charge in [-0.2, -0.15) is 0 Å². The van der Waals surface area contributed by atoms with Gasteiger partial charge in [-0.15, -0.1) is 0 Å². The number of ether oxygens (including phenoxy) is 5. The Labute approximate surface area is 238 Å². The molecule has 41 heavy (non-hydrogen) atoms. The SMILES string of the molecule is O=C(C1=CC(c2ccc3c(c2)OCO3)CC(OCCOCCO)O1)N1CCC2(CC1)C(=O)NCN2c1ccccc1. The van der Waals surface area contributed by atoms with E-state index in [0.717, 1.165) is 11.3 Å². The van der Waals surface area contributed by atoms with Crippen LogP contribution in [0.1, 0.15) is 30.7 Å². The minimum absolute atomic E-state index is 0.00124. The van der Waals surface area contributed by atoms with Gasteiger partial charge in [0.05, 0.1) is 33.1 Å². The summed E-state index contributed by atoms with van der Waals surface area (Å²) in [5.41, 5.74) is 1.26. The second-order valence-electron chi connectivity index (χ2n) is 10.5. The number of carbonyl (C=O) groups is 2. The number of para-hydroxylation sites is 1. The monoisotopic (exact) mass is 565 g/mol. The van der Waals surface area contributed by atoms with Gasteiger partial charge in [0.25, 0.3) is 5.91 Å². The zero-order chi connectivity index (χ0) is 28.2. The summed E-state index contributed by atoms with van der Waals surface area (Å²) in [6, 6.07) is 15.7. The quantitative estimate of drug-likeness (QED) is 0.441. The van der Waals surface area contributed by atoms with Crippen LogP contribution >= 0.6 is 0 Å². The highest BCUT2D eigenvalue weighted by Crippen LogP contribution is 2.40. The van der Waals surface area contributed by atoms with Gasteiger partial charge in [0.15, 0.2) is 17.3 Å². The Morgan fingerprint density at radius 2 is 1.85 bits per heavy atom. The predicted octanol–water partition coefficient (Wildman–Crippen LogP) is 2.11. The van der Waals surface area contributed by atoms with Crippen molar-refractivity contribution in [2.45, 2.75) is 37.0 Å². The van der Waals surface area contributed by atoms with E-state index in [1.165, 1.54) is 0 Å². The van der Waals surface area contributed by atoms with Gasteiger partial charge in [-0.05, 0) is 48.7 Å². The average Bonchev–Trinajstić information content (AvgIpc) is 3.61. The molecule has 11 heteroatoms. The van der Waals surface area contributed by atoms with E-state index >= 15 is 0 Å². The Morgan fingerprint density at radius 1 is 1.05 bits per heavy atom. The van der Waals surface area contributed by atoms with Crippen molar-refractivity contribution in [2.24, 2.45) is 0 Å². The molecule has 6 rings (SSSR count). The van der Waals surface area contributed by atoms with Gasteiger partial charge in [0, 0.05) is 31.1 Å². The molecule has 2 N–H and O–H groups in total. The summed E-state index contributed by atoms with van der Waals surface area (Å²) in [5, 5.41) is 11.9. The number of hydrogen-bond donors (Lipinski definition) is 2. The van der Waals surface area contributed by atoms with Gasteiger partial charge < -0.3 is 43.9 Å². The first-order valence-corrected chi connectivity index (χ1v) is 14.1. The van der Waals surface area contributed by atoms with Crippen molar-refractivity contribution in [3.8, 4) is 11.5 Å². The fourth-order valence-corrected chi connectivity index (χ4v) is 5.96. The Hall–Kier alpha value is -3.80. The summed E-state index contributed by atoms with van der Waals surface area (Å²) in [6.07, 6.45) is 2.73. The largest absolute Gasteiger partial charge is 0.459 e. The summed E-state index contributed by atoms with van der Waals surface area (Å²) in [6.45, 7) is 2.21. The molecule has 4 aliphatic heterocycles. The molecule has 0 saturated carbocycles. The van der Waals surface area contributed by atoms with Crippen molar-refractivity contribution in [3.05, 3.63) is 65.9 Å². The van der Waals surface area contributed by atoms with Crippen LogP contribution < -0.4 is 19.7 Å². The lowest BCUT2D eigenvalue weighted by atomic mass is 9.85. The highest BCUT2D eigenvalue weighted by molar-refractivity contribution is 5.95. The minimum atomic E-state index is -0.685. The Morgan fingerprint density at radius 3 is 2.66 bits per heavy atom. The van der Waals surface area contributed by atoms with Gasteiger partial charge in [-0.1, -0.05) is 24.3 Å². The molecule has 0 aliphatic carbocycles. The van der Waals surface area contributed by atoms with E-state index in [4.69, 9.17) is 28.8 Å². The van der Waals surface area contributed by atoms with E-state index in [1.807, 2.05) is 54.6 Å². The van der Waals surface area contributed by atoms with Gasteiger partial charge in [-0.25, -0.2) is 0 Å². The topological polar surface area (TPSA) is 119 Å². The van der Waals surface area contributed by atoms with Crippen LogP contribution in [0.2, 0.25) is 0 Å². The van der Waals surface area contributed by atoms with Crippen LogP contribution in [0.25, 0.3) is 0 Å². The van der Waals surface area contributed by atoms with E-state index in [9.17, 15) is 9.59 Å². The van der Waals surface area contributed by atoms with Gasteiger partial charge in [0.2, 0.25) is 19.0 Å². The molecule has 4 heterocycles. The number of benzene rings is 2. The summed E-state index contributed by atoms with van der Waals surface area (Å²) in [7, 11) is 0. The Kier molecular flexibility index (Phi) is 8.00. The standard InChI is InChI=1S/C30H35N3O8/c34-12-13-37-14-15-38-27-18-22(21-6-7-24-25(16-21)40-20-39-24)17-26(41-27)28(35)32-10-8-30(9-11-32)29(36)31-19-33(30)23-4-2-1-3-5-23/h1-7,16-17,22,27,34H,8-15,18-20H2,(H,31,36). The summed E-state index contributed by atoms with van der Waals surface area (Å²) < 4.78 is 28.4. The number of allylic oxidation sites excluding steroid dienone is 1. The molecule has 2 fully saturated rings. The number of nitrogens with one attached hydrogen (secondary N) is 1. The number of amides is 2. The van der Waals surface area contributed by atoms with E-state index in [1.54, 1.807) is 4.90 Å². The second kappa shape index (κ2) is 12.0. The zero-order valence-corrected chi connectivity index (χ0v) is 22.8. The van der Waals surface area contributed by atoms with Crippen molar-refractivity contribution in [2.75, 3.05) is 57.9 Å². The molecular weight excluding hydrogens is 530 g/mol. The van der Waals surface area contributed by atoms with Crippen LogP contribution in [0, 0.1) is 0 Å². The lowest BCUT2D eigenvalue weighted by molar-refractivity contribution is -0.157. The number of likely N-dealkylation sites (tertiary alicyclic amines) is 1. The van der Waals surface area contributed by atoms with E-state index < -0.39 is 11.8 Å². The third kappa shape index (κ3) is 5.57. The summed E-state index contributed by atoms with van der Waals surface area (Å²) >= 11 is 0. The molecule has 11 nitrogen and oxygen atoms in total. The average molecular weight is 566 g/mol. The number of fused-ring (bicyclic) bond motifs is 1. The van der Waals surface area contributed by atoms with Gasteiger partial charge in [-0.3, -0.25) is 9.59 Å². The Bertz CT molecular complexity index is 1280. The molecule has 2 amide bonds. The zero-order valence-electron chi connectivity index (χ0n) is 22.8. The van der Waals surface area contributed by atoms with Crippen LogP contribution in [0.3, 0.4) is 0 Å². The maximum atomic E-state index is 13.8. The molecular formula is C30H35N3O8. The first-order valence-electron chi connectivity index (χ1n) is 14.1. The number of aliphatic hydroxyl groups excluding tert-OH is 1. The maximum Gasteiger partial charge on any atom is 0.288 e. The smallest absolute Gasteiger partial charge is 0.288 e. The number of piperidine rings is 1. The van der Waals surface area contributed by atoms with E-state index in [-0.39, 0.29) is 50.1 Å². The maximum absolute atomic E-state index is 13.8. The summed E-state index contributed by atoms with van der Waals surface area (Å²) in [5.74, 6) is 1.22. The fraction of sp³-hybridized carbons (Fsp3) is 0.467. The second-order valence-corrected chi connectivity index (χ2v) is 10.5. The van der Waals surface area contributed by atoms with Crippen molar-refractivity contribution in [1.82, 2.24) is 10.2 Å². The normalized spacial score (nSPS) is 22.9. The highest BCUT2D eigenvalue weighted by Gasteiger charge is 2.51. The molecule has 4 aliphatic rings. The molecule has 0 bridgehead atoms. The summed E-state index contributed by atoms with van der Waals surface area (Å²) in [4.78, 5) is 30.7. The first kappa shape index (κ1) is 27.4. The molecule has 2 atom stereocenters. The number of anilines is 1. The Balaban J connectivity index is 1.17. The minimum Gasteiger partial charge on any atom is -0.459 e. The van der Waals surface area contributed by atoms with Crippen molar-refractivity contribution in [1.29, 1.82) is 0 Å². The molecule has 2 saturated heterocycles. The number of aliphatic hydroxyl groups is 1. The van der Waals surface area contributed by atoms with Crippen molar-refractivity contribution < 1.29 is 38.4 Å². The van der Waals surface area contributed by atoms with Crippen molar-refractivity contribution in [3.63, 3.8) is 0 Å². The fourth-order valence-electron chi connectivity index (χ4n) is 5.96. The number of nitrogens with zero attached hydrogens (tertiary/aromatic N) is 2. The van der Waals surface area contributed by atoms with Gasteiger partial charge >= 0.3 is 0 Å². The third-order valence-electron chi connectivity index (χ3n) is 8.14. The molecule has 2 unspecified atom stereocenters. The molecule has 0 aromatic heterocycles. The van der Waals surface area contributed by atoms with E-state index in [0.29, 0.717) is 57.1 Å². The molecule has 0 radical (unpaired) electrons. The first-order chi connectivity index (χ1) is 20.1. The molecule has 2 aromatic carbocycles. The third-order valence-corrected chi connectivity index (χ3v) is 8.14. The number of carbonyl (C=O) groups excluding carboxylic acids is 2. The van der Waals surface area contributed by atoms with Crippen molar-refractivity contribution >= 4 is 17.5 Å². The van der Waals surface area contributed by atoms with Crippen LogP contribution in [0.5, 0.6) is 11.5 Å².